The molecule has 8 heteroatoms. The molecule has 0 aromatic heterocycles. The maximum absolute atomic E-state index is 13.2. The van der Waals surface area contributed by atoms with Crippen LogP contribution in [0.4, 0.5) is 15.8 Å². The van der Waals surface area contributed by atoms with Crippen LogP contribution in [0.3, 0.4) is 0 Å². The smallest absolute Gasteiger partial charge is 0.261 e. The minimum atomic E-state index is -3.78. The lowest BCUT2D eigenvalue weighted by atomic mass is 10.1. The summed E-state index contributed by atoms with van der Waals surface area (Å²) in [7, 11) is -3.78. The van der Waals surface area contributed by atoms with E-state index in [1.807, 2.05) is 0 Å². The number of halogens is 2. The number of hydrogen-bond donors (Lipinski definition) is 2. The highest BCUT2D eigenvalue weighted by molar-refractivity contribution is 7.92. The largest absolute Gasteiger partial charge is 0.326 e. The molecule has 0 aliphatic heterocycles. The van der Waals surface area contributed by atoms with Gasteiger partial charge in [0.2, 0.25) is 5.91 Å². The highest BCUT2D eigenvalue weighted by Gasteiger charge is 2.14. The van der Waals surface area contributed by atoms with Crippen molar-refractivity contribution in [2.75, 3.05) is 10.0 Å². The average molecular weight is 433 g/mol. The molecule has 150 valence electrons. The Bertz CT molecular complexity index is 1120. The summed E-state index contributed by atoms with van der Waals surface area (Å²) in [6, 6.07) is 18.3. The van der Waals surface area contributed by atoms with Gasteiger partial charge in [-0.25, -0.2) is 12.8 Å². The number of rotatable bonds is 7. The number of amides is 1. The van der Waals surface area contributed by atoms with E-state index in [2.05, 4.69) is 10.0 Å². The van der Waals surface area contributed by atoms with Crippen molar-refractivity contribution in [1.29, 1.82) is 0 Å². The van der Waals surface area contributed by atoms with Crippen LogP contribution >= 0.6 is 11.6 Å². The van der Waals surface area contributed by atoms with Crippen LogP contribution in [0.15, 0.2) is 77.7 Å². The second-order valence-corrected chi connectivity index (χ2v) is 8.44. The van der Waals surface area contributed by atoms with Crippen molar-refractivity contribution in [3.05, 3.63) is 89.2 Å². The minimum Gasteiger partial charge on any atom is -0.326 e. The van der Waals surface area contributed by atoms with Crippen LogP contribution in [-0.2, 0) is 21.2 Å². The molecule has 0 spiro atoms. The highest BCUT2D eigenvalue weighted by Crippen LogP contribution is 2.21. The van der Waals surface area contributed by atoms with Crippen LogP contribution in [0.25, 0.3) is 0 Å². The molecule has 29 heavy (non-hydrogen) atoms. The molecule has 0 saturated heterocycles. The first kappa shape index (κ1) is 20.8. The van der Waals surface area contributed by atoms with Gasteiger partial charge in [0, 0.05) is 17.1 Å². The first-order valence-electron chi connectivity index (χ1n) is 8.74. The fourth-order valence-electron chi connectivity index (χ4n) is 2.66. The summed E-state index contributed by atoms with van der Waals surface area (Å²) in [4.78, 5) is 12.2. The zero-order valence-corrected chi connectivity index (χ0v) is 16.8. The summed E-state index contributed by atoms with van der Waals surface area (Å²) in [6.07, 6.45) is 0.566. The Morgan fingerprint density at radius 1 is 0.931 bits per heavy atom. The van der Waals surface area contributed by atoms with E-state index in [1.54, 1.807) is 30.3 Å². The summed E-state index contributed by atoms with van der Waals surface area (Å²) in [6.45, 7) is 0. The van der Waals surface area contributed by atoms with E-state index >= 15 is 0 Å². The van der Waals surface area contributed by atoms with Gasteiger partial charge in [-0.2, -0.15) is 0 Å². The Balaban J connectivity index is 1.63. The van der Waals surface area contributed by atoms with E-state index in [9.17, 15) is 17.6 Å². The zero-order chi connectivity index (χ0) is 20.9. The molecule has 0 atom stereocenters. The van der Waals surface area contributed by atoms with E-state index in [1.165, 1.54) is 42.5 Å². The van der Waals surface area contributed by atoms with E-state index in [0.29, 0.717) is 22.8 Å². The molecule has 3 aromatic carbocycles. The van der Waals surface area contributed by atoms with Crippen molar-refractivity contribution in [3.63, 3.8) is 0 Å². The van der Waals surface area contributed by atoms with Gasteiger partial charge in [-0.05, 0) is 66.6 Å². The van der Waals surface area contributed by atoms with Gasteiger partial charge < -0.3 is 5.32 Å². The van der Waals surface area contributed by atoms with E-state index in [0.717, 1.165) is 5.56 Å². The van der Waals surface area contributed by atoms with Crippen LogP contribution in [-0.4, -0.2) is 14.3 Å². The van der Waals surface area contributed by atoms with Gasteiger partial charge in [-0.15, -0.1) is 0 Å². The maximum Gasteiger partial charge on any atom is 0.261 e. The molecule has 1 amide bonds. The van der Waals surface area contributed by atoms with Crippen LogP contribution in [0.5, 0.6) is 0 Å². The van der Waals surface area contributed by atoms with Gasteiger partial charge in [0.05, 0.1) is 10.6 Å². The van der Waals surface area contributed by atoms with Crippen molar-refractivity contribution in [3.8, 4) is 0 Å². The van der Waals surface area contributed by atoms with Crippen molar-refractivity contribution < 1.29 is 17.6 Å². The second kappa shape index (κ2) is 9.07. The third-order valence-electron chi connectivity index (χ3n) is 4.05. The van der Waals surface area contributed by atoms with Gasteiger partial charge >= 0.3 is 0 Å². The molecule has 2 N–H and O–H groups in total. The summed E-state index contributed by atoms with van der Waals surface area (Å²) >= 11 is 5.79. The van der Waals surface area contributed by atoms with Crippen LogP contribution in [0.2, 0.25) is 5.02 Å². The van der Waals surface area contributed by atoms with E-state index in [-0.39, 0.29) is 23.0 Å². The number of sulfonamides is 1. The first-order chi connectivity index (χ1) is 13.8. The van der Waals surface area contributed by atoms with E-state index < -0.39 is 10.0 Å². The number of aryl methyl sites for hydroxylation is 1. The standard InChI is InChI=1S/C21H18ClFN2O3S/c22-16-8-10-20(11-9-16)29(27,28)25-19-6-2-5-18(14-19)24-21(26)12-7-15-3-1-4-17(23)13-15/h1-6,8-11,13-14,25H,7,12H2,(H,24,26). The molecule has 0 heterocycles. The quantitative estimate of drug-likeness (QED) is 0.560. The Kier molecular flexibility index (Phi) is 6.51. The lowest BCUT2D eigenvalue weighted by Crippen LogP contribution is -2.14. The summed E-state index contributed by atoms with van der Waals surface area (Å²) in [5, 5.41) is 3.15. The minimum absolute atomic E-state index is 0.0754. The molecule has 0 unspecified atom stereocenters. The highest BCUT2D eigenvalue weighted by atomic mass is 35.5. The Labute approximate surface area is 173 Å². The summed E-state index contributed by atoms with van der Waals surface area (Å²) in [5.41, 5.74) is 1.48. The topological polar surface area (TPSA) is 75.3 Å². The summed E-state index contributed by atoms with van der Waals surface area (Å²) < 4.78 is 40.6. The molecular formula is C21H18ClFN2O3S. The number of anilines is 2. The molecule has 5 nitrogen and oxygen atoms in total. The van der Waals surface area contributed by atoms with Crippen LogP contribution in [0.1, 0.15) is 12.0 Å². The van der Waals surface area contributed by atoms with E-state index in [4.69, 9.17) is 11.6 Å². The Hall–Kier alpha value is -2.90. The fraction of sp³-hybridized carbons (Fsp3) is 0.0952. The predicted molar refractivity (Wildman–Crippen MR) is 112 cm³/mol. The van der Waals surface area contributed by atoms with Gasteiger partial charge in [0.25, 0.3) is 10.0 Å². The molecule has 0 aliphatic carbocycles. The number of benzene rings is 3. The van der Waals surface area contributed by atoms with Crippen molar-refractivity contribution >= 4 is 38.9 Å². The lowest BCUT2D eigenvalue weighted by molar-refractivity contribution is -0.116. The fourth-order valence-corrected chi connectivity index (χ4v) is 3.84. The average Bonchev–Trinajstić information content (AvgIpc) is 2.67. The van der Waals surface area contributed by atoms with Gasteiger partial charge in [0.1, 0.15) is 5.82 Å². The molecule has 0 saturated carbocycles. The normalized spacial score (nSPS) is 11.1. The zero-order valence-electron chi connectivity index (χ0n) is 15.2. The molecule has 0 radical (unpaired) electrons. The van der Waals surface area contributed by atoms with Crippen molar-refractivity contribution in [2.45, 2.75) is 17.7 Å². The number of carbonyl (C=O) groups is 1. The Morgan fingerprint density at radius 2 is 1.62 bits per heavy atom. The monoisotopic (exact) mass is 432 g/mol. The summed E-state index contributed by atoms with van der Waals surface area (Å²) in [5.74, 6) is -0.601. The third-order valence-corrected chi connectivity index (χ3v) is 5.70. The molecule has 0 fully saturated rings. The van der Waals surface area contributed by atoms with Crippen LogP contribution < -0.4 is 10.0 Å². The maximum atomic E-state index is 13.2. The molecule has 3 rings (SSSR count). The number of carbonyl (C=O) groups excluding carboxylic acids is 1. The third kappa shape index (κ3) is 6.04. The van der Waals surface area contributed by atoms with Crippen molar-refractivity contribution in [2.24, 2.45) is 0 Å². The molecule has 0 bridgehead atoms. The lowest BCUT2D eigenvalue weighted by Gasteiger charge is -2.11. The van der Waals surface area contributed by atoms with Crippen molar-refractivity contribution in [1.82, 2.24) is 0 Å². The van der Waals surface area contributed by atoms with Crippen LogP contribution in [0, 0.1) is 5.82 Å². The second-order valence-electron chi connectivity index (χ2n) is 6.32. The first-order valence-corrected chi connectivity index (χ1v) is 10.6. The van der Waals surface area contributed by atoms with Gasteiger partial charge in [-0.3, -0.25) is 9.52 Å². The van der Waals surface area contributed by atoms with Gasteiger partial charge in [0.15, 0.2) is 0 Å². The molecule has 3 aromatic rings. The van der Waals surface area contributed by atoms with Gasteiger partial charge in [-0.1, -0.05) is 29.8 Å². The molecule has 0 aliphatic rings. The number of hydrogen-bond acceptors (Lipinski definition) is 3. The predicted octanol–water partition coefficient (Wildman–Crippen LogP) is 4.85. The molecular weight excluding hydrogens is 415 g/mol. The SMILES string of the molecule is O=C(CCc1cccc(F)c1)Nc1cccc(NS(=O)(=O)c2ccc(Cl)cc2)c1. The Morgan fingerprint density at radius 3 is 2.34 bits per heavy atom. The number of nitrogens with one attached hydrogen (secondary N) is 2.